The second kappa shape index (κ2) is 10.5. The van der Waals surface area contributed by atoms with E-state index in [-0.39, 0.29) is 39.5 Å². The number of rotatable bonds is 7. The number of amides is 3. The third-order valence-corrected chi connectivity index (χ3v) is 5.65. The van der Waals surface area contributed by atoms with E-state index in [0.717, 1.165) is 4.90 Å². The normalized spacial score (nSPS) is 13.2. The number of para-hydroxylation sites is 2. The van der Waals surface area contributed by atoms with E-state index >= 15 is 0 Å². The Hall–Kier alpha value is -4.63. The summed E-state index contributed by atoms with van der Waals surface area (Å²) in [6.07, 6.45) is -0.286. The predicted octanol–water partition coefficient (Wildman–Crippen LogP) is 4.65. The topological polar surface area (TPSA) is 125 Å². The molecule has 37 heavy (non-hydrogen) atoms. The number of hydrogen-bond acceptors (Lipinski definition) is 7. The maximum atomic E-state index is 13.0. The molecule has 1 aliphatic heterocycles. The van der Waals surface area contributed by atoms with Crippen LogP contribution in [0.3, 0.4) is 0 Å². The second-order valence-electron chi connectivity index (χ2n) is 8.31. The zero-order valence-corrected chi connectivity index (χ0v) is 20.6. The molecular formula is C27H22ClN3O6. The Kier molecular flexibility index (Phi) is 7.26. The summed E-state index contributed by atoms with van der Waals surface area (Å²) in [6, 6.07) is 18.3. The Morgan fingerprint density at radius 3 is 2.14 bits per heavy atom. The SMILES string of the molecule is CC(C)OC(=O)c1ccc(N2C(=O)C(Cl)=C(Nc3ccc(C(=O)Nc4ccccc4O)cc3)C2=O)cc1. The first-order valence-corrected chi connectivity index (χ1v) is 11.6. The van der Waals surface area contributed by atoms with Crippen LogP contribution in [0.1, 0.15) is 34.6 Å². The number of anilines is 3. The number of esters is 1. The van der Waals surface area contributed by atoms with Gasteiger partial charge in [0.2, 0.25) is 0 Å². The fourth-order valence-corrected chi connectivity index (χ4v) is 3.71. The number of benzene rings is 3. The van der Waals surface area contributed by atoms with Crippen LogP contribution in [-0.4, -0.2) is 34.9 Å². The summed E-state index contributed by atoms with van der Waals surface area (Å²) in [5, 5.41) is 15.0. The number of carbonyl (C=O) groups is 4. The molecule has 1 aliphatic rings. The van der Waals surface area contributed by atoms with Gasteiger partial charge in [0.25, 0.3) is 17.7 Å². The number of phenols is 1. The number of ether oxygens (including phenoxy) is 1. The van der Waals surface area contributed by atoms with E-state index in [9.17, 15) is 24.3 Å². The van der Waals surface area contributed by atoms with Crippen LogP contribution in [0.15, 0.2) is 83.5 Å². The van der Waals surface area contributed by atoms with Gasteiger partial charge in [0.1, 0.15) is 16.5 Å². The summed E-state index contributed by atoms with van der Waals surface area (Å²) in [5.41, 5.74) is 1.39. The van der Waals surface area contributed by atoms with Crippen LogP contribution >= 0.6 is 11.6 Å². The van der Waals surface area contributed by atoms with Gasteiger partial charge in [-0.2, -0.15) is 0 Å². The average molecular weight is 520 g/mol. The van der Waals surface area contributed by atoms with Crippen LogP contribution in [0.25, 0.3) is 0 Å². The molecule has 3 N–H and O–H groups in total. The molecule has 0 aliphatic carbocycles. The molecule has 0 radical (unpaired) electrons. The van der Waals surface area contributed by atoms with Crippen LogP contribution in [0.4, 0.5) is 17.1 Å². The Labute approximate surface area is 217 Å². The average Bonchev–Trinajstić information content (AvgIpc) is 3.08. The second-order valence-corrected chi connectivity index (χ2v) is 8.69. The Morgan fingerprint density at radius 1 is 0.892 bits per heavy atom. The molecule has 4 rings (SSSR count). The number of phenolic OH excluding ortho intramolecular Hbond substituents is 1. The highest BCUT2D eigenvalue weighted by Gasteiger charge is 2.39. The monoisotopic (exact) mass is 519 g/mol. The van der Waals surface area contributed by atoms with E-state index in [1.807, 2.05) is 0 Å². The highest BCUT2D eigenvalue weighted by Crippen LogP contribution is 2.30. The fourth-order valence-electron chi connectivity index (χ4n) is 3.50. The molecule has 10 heteroatoms. The Bertz CT molecular complexity index is 1410. The van der Waals surface area contributed by atoms with Gasteiger partial charge in [0.15, 0.2) is 0 Å². The van der Waals surface area contributed by atoms with Crippen LogP contribution in [0, 0.1) is 0 Å². The van der Waals surface area contributed by atoms with Crippen molar-refractivity contribution in [3.8, 4) is 5.75 Å². The quantitative estimate of drug-likeness (QED) is 0.236. The number of nitrogens with one attached hydrogen (secondary N) is 2. The molecule has 9 nitrogen and oxygen atoms in total. The van der Waals surface area contributed by atoms with Gasteiger partial charge in [0.05, 0.1) is 23.0 Å². The van der Waals surface area contributed by atoms with Crippen molar-refractivity contribution in [1.29, 1.82) is 0 Å². The number of halogens is 1. The zero-order chi connectivity index (χ0) is 26.7. The summed E-state index contributed by atoms with van der Waals surface area (Å²) in [7, 11) is 0. The van der Waals surface area contributed by atoms with E-state index in [0.29, 0.717) is 11.3 Å². The van der Waals surface area contributed by atoms with Gasteiger partial charge < -0.3 is 20.5 Å². The minimum atomic E-state index is -0.717. The molecule has 0 bridgehead atoms. The van der Waals surface area contributed by atoms with Crippen LogP contribution in [0.5, 0.6) is 5.75 Å². The standard InChI is InChI=1S/C27H22ClN3O6/c1-15(2)37-27(36)17-9-13-19(14-10-17)31-25(34)22(28)23(26(31)35)29-18-11-7-16(8-12-18)24(33)30-20-5-3-4-6-21(20)32/h3-15,29,32H,1-2H3,(H,30,33). The largest absolute Gasteiger partial charge is 0.506 e. The molecule has 0 unspecified atom stereocenters. The molecule has 188 valence electrons. The smallest absolute Gasteiger partial charge is 0.338 e. The summed E-state index contributed by atoms with van der Waals surface area (Å²) in [4.78, 5) is 51.2. The Balaban J connectivity index is 1.45. The van der Waals surface area contributed by atoms with E-state index in [2.05, 4.69) is 10.6 Å². The van der Waals surface area contributed by atoms with Crippen molar-refractivity contribution in [3.05, 3.63) is 94.7 Å². The van der Waals surface area contributed by atoms with Gasteiger partial charge in [-0.25, -0.2) is 9.69 Å². The van der Waals surface area contributed by atoms with Crippen LogP contribution in [-0.2, 0) is 14.3 Å². The van der Waals surface area contributed by atoms with Gasteiger partial charge in [0, 0.05) is 11.3 Å². The first-order valence-electron chi connectivity index (χ1n) is 11.2. The molecule has 3 aromatic carbocycles. The van der Waals surface area contributed by atoms with Crippen LogP contribution in [0.2, 0.25) is 0 Å². The van der Waals surface area contributed by atoms with Crippen molar-refractivity contribution >= 4 is 52.4 Å². The van der Waals surface area contributed by atoms with Gasteiger partial charge in [-0.1, -0.05) is 23.7 Å². The number of imide groups is 1. The molecule has 1 heterocycles. The molecule has 0 fully saturated rings. The molecule has 3 amide bonds. The van der Waals surface area contributed by atoms with Gasteiger partial charge in [-0.15, -0.1) is 0 Å². The maximum absolute atomic E-state index is 13.0. The van der Waals surface area contributed by atoms with Crippen molar-refractivity contribution in [2.75, 3.05) is 15.5 Å². The third-order valence-electron chi connectivity index (χ3n) is 5.30. The van der Waals surface area contributed by atoms with Crippen molar-refractivity contribution < 1.29 is 29.0 Å². The number of aromatic hydroxyl groups is 1. The number of carbonyl (C=O) groups excluding carboxylic acids is 4. The summed E-state index contributed by atoms with van der Waals surface area (Å²) in [6.45, 7) is 3.46. The van der Waals surface area contributed by atoms with Crippen molar-refractivity contribution in [1.82, 2.24) is 0 Å². The number of hydrogen-bond donors (Lipinski definition) is 3. The van der Waals surface area contributed by atoms with E-state index in [1.165, 1.54) is 42.5 Å². The third kappa shape index (κ3) is 5.46. The molecule has 0 spiro atoms. The lowest BCUT2D eigenvalue weighted by Crippen LogP contribution is -2.32. The van der Waals surface area contributed by atoms with Crippen LogP contribution < -0.4 is 15.5 Å². The van der Waals surface area contributed by atoms with Crippen molar-refractivity contribution in [2.45, 2.75) is 20.0 Å². The highest BCUT2D eigenvalue weighted by molar-refractivity contribution is 6.53. The number of nitrogens with zero attached hydrogens (tertiary/aromatic N) is 1. The van der Waals surface area contributed by atoms with E-state index in [4.69, 9.17) is 16.3 Å². The van der Waals surface area contributed by atoms with Gasteiger partial charge in [-0.3, -0.25) is 14.4 Å². The predicted molar refractivity (Wildman–Crippen MR) is 138 cm³/mol. The molecular weight excluding hydrogens is 498 g/mol. The lowest BCUT2D eigenvalue weighted by Gasteiger charge is -2.16. The minimum absolute atomic E-state index is 0.0604. The first-order chi connectivity index (χ1) is 17.7. The molecule has 3 aromatic rings. The molecule has 0 atom stereocenters. The molecule has 0 aromatic heterocycles. The Morgan fingerprint density at radius 2 is 1.51 bits per heavy atom. The minimum Gasteiger partial charge on any atom is -0.506 e. The zero-order valence-electron chi connectivity index (χ0n) is 19.8. The summed E-state index contributed by atoms with van der Waals surface area (Å²) in [5.74, 6) is -2.41. The van der Waals surface area contributed by atoms with Crippen molar-refractivity contribution in [2.24, 2.45) is 0 Å². The summed E-state index contributed by atoms with van der Waals surface area (Å²) < 4.78 is 5.14. The van der Waals surface area contributed by atoms with E-state index in [1.54, 1.807) is 44.2 Å². The lowest BCUT2D eigenvalue weighted by molar-refractivity contribution is -0.120. The molecule has 0 saturated heterocycles. The van der Waals surface area contributed by atoms with E-state index < -0.39 is 23.7 Å². The van der Waals surface area contributed by atoms with Crippen molar-refractivity contribution in [3.63, 3.8) is 0 Å². The highest BCUT2D eigenvalue weighted by atomic mass is 35.5. The summed E-state index contributed by atoms with van der Waals surface area (Å²) >= 11 is 6.19. The van der Waals surface area contributed by atoms with Gasteiger partial charge in [-0.05, 0) is 74.5 Å². The maximum Gasteiger partial charge on any atom is 0.338 e. The van der Waals surface area contributed by atoms with Gasteiger partial charge >= 0.3 is 5.97 Å². The lowest BCUT2D eigenvalue weighted by atomic mass is 10.1. The first kappa shape index (κ1) is 25.5. The fraction of sp³-hybridized carbons (Fsp3) is 0.111. The molecule has 0 saturated carbocycles.